The summed E-state index contributed by atoms with van der Waals surface area (Å²) in [5.41, 5.74) is 5.38. The molecule has 21 heavy (non-hydrogen) atoms. The molecule has 3 rings (SSSR count). The molecule has 0 fully saturated rings. The Morgan fingerprint density at radius 3 is 2.05 bits per heavy atom. The minimum absolute atomic E-state index is 0. The van der Waals surface area contributed by atoms with Gasteiger partial charge in [-0.2, -0.15) is 0 Å². The third kappa shape index (κ3) is 5.71. The molecule has 0 bridgehead atoms. The molecular weight excluding hydrogens is 382 g/mol. The van der Waals surface area contributed by atoms with Crippen LogP contribution in [0.2, 0.25) is 0 Å². The molecule has 1 N–H and O–H groups in total. The first-order valence-corrected chi connectivity index (χ1v) is 6.13. The summed E-state index contributed by atoms with van der Waals surface area (Å²) in [4.78, 5) is 0. The molecule has 2 aliphatic carbocycles. The van der Waals surface area contributed by atoms with Gasteiger partial charge in [-0.15, -0.1) is 47.0 Å². The van der Waals surface area contributed by atoms with Crippen LogP contribution < -0.4 is 24.8 Å². The Labute approximate surface area is 158 Å². The molecule has 1 aromatic carbocycles. The van der Waals surface area contributed by atoms with E-state index in [1.54, 1.807) is 0 Å². The summed E-state index contributed by atoms with van der Waals surface area (Å²) in [6.07, 6.45) is 15.1. The molecule has 1 aromatic rings. The van der Waals surface area contributed by atoms with Crippen LogP contribution in [-0.4, -0.2) is 12.2 Å². The molecular formula is C17H17Cl2OZr. The quantitative estimate of drug-likeness (QED) is 0.560. The third-order valence-corrected chi connectivity index (χ3v) is 3.07. The van der Waals surface area contributed by atoms with E-state index in [0.717, 1.165) is 20.0 Å². The van der Waals surface area contributed by atoms with Gasteiger partial charge in [0.1, 0.15) is 0 Å². The average Bonchev–Trinajstić information content (AvgIpc) is 3.14. The number of hydrogen-bond acceptors (Lipinski definition) is 1. The average molecular weight is 399 g/mol. The van der Waals surface area contributed by atoms with Gasteiger partial charge in [0, 0.05) is 7.11 Å². The fourth-order valence-corrected chi connectivity index (χ4v) is 2.25. The summed E-state index contributed by atoms with van der Waals surface area (Å²) in [5, 5.41) is 7.00. The minimum Gasteiger partial charge on any atom is -1.00 e. The predicted molar refractivity (Wildman–Crippen MR) is 76.9 cm³/mol. The van der Waals surface area contributed by atoms with Gasteiger partial charge >= 0.3 is 26.2 Å². The van der Waals surface area contributed by atoms with Crippen LogP contribution in [0.1, 0.15) is 24.0 Å². The SMILES string of the molecule is CO.[Cl-].[Cl-].[Zr+3].[c-]1cccc(C2=CC=CC2)c1C1=CC=CC1. The molecule has 0 saturated carbocycles. The van der Waals surface area contributed by atoms with Crippen LogP contribution >= 0.6 is 0 Å². The predicted octanol–water partition coefficient (Wildman–Crippen LogP) is -2.21. The third-order valence-electron chi connectivity index (χ3n) is 3.07. The molecule has 0 aliphatic heterocycles. The van der Waals surface area contributed by atoms with Crippen LogP contribution in [0.5, 0.6) is 0 Å². The fraction of sp³-hybridized carbons (Fsp3) is 0.176. The molecule has 0 unspecified atom stereocenters. The maximum atomic E-state index is 7.00. The summed E-state index contributed by atoms with van der Waals surface area (Å²) < 4.78 is 0. The van der Waals surface area contributed by atoms with E-state index in [0.29, 0.717) is 0 Å². The second-order valence-electron chi connectivity index (χ2n) is 4.11. The van der Waals surface area contributed by atoms with Gasteiger partial charge in [0.25, 0.3) is 0 Å². The maximum Gasteiger partial charge on any atom is 3.00 e. The first kappa shape index (κ1) is 22.9. The van der Waals surface area contributed by atoms with Crippen molar-refractivity contribution in [1.29, 1.82) is 0 Å². The summed E-state index contributed by atoms with van der Waals surface area (Å²) in [7, 11) is 1.00. The van der Waals surface area contributed by atoms with Crippen LogP contribution in [0.25, 0.3) is 11.1 Å². The molecule has 0 atom stereocenters. The second-order valence-corrected chi connectivity index (χ2v) is 4.11. The van der Waals surface area contributed by atoms with Gasteiger partial charge in [0.2, 0.25) is 0 Å². The van der Waals surface area contributed by atoms with Gasteiger partial charge in [-0.25, -0.2) is 0 Å². The zero-order valence-electron chi connectivity index (χ0n) is 11.8. The number of hydrogen-bond donors (Lipinski definition) is 1. The van der Waals surface area contributed by atoms with Gasteiger partial charge in [-0.1, -0.05) is 36.0 Å². The second kappa shape index (κ2) is 12.2. The normalized spacial score (nSPS) is 13.8. The Bertz CT molecular complexity index is 496. The Morgan fingerprint density at radius 2 is 1.52 bits per heavy atom. The fourth-order valence-electron chi connectivity index (χ4n) is 2.25. The van der Waals surface area contributed by atoms with Crippen LogP contribution in [0.4, 0.5) is 0 Å². The number of allylic oxidation sites excluding steroid dienone is 8. The molecule has 0 saturated heterocycles. The van der Waals surface area contributed by atoms with Crippen molar-refractivity contribution in [2.45, 2.75) is 12.8 Å². The molecule has 0 spiro atoms. The Hall–Kier alpha value is -0.397. The van der Waals surface area contributed by atoms with Crippen LogP contribution in [0.15, 0.2) is 54.7 Å². The van der Waals surface area contributed by atoms with Gasteiger partial charge in [0.15, 0.2) is 0 Å². The van der Waals surface area contributed by atoms with Crippen molar-refractivity contribution in [1.82, 2.24) is 0 Å². The van der Waals surface area contributed by atoms with Crippen LogP contribution in [0, 0.1) is 6.07 Å². The van der Waals surface area contributed by atoms with E-state index in [-0.39, 0.29) is 51.0 Å². The summed E-state index contributed by atoms with van der Waals surface area (Å²) in [6, 6.07) is 9.65. The summed E-state index contributed by atoms with van der Waals surface area (Å²) >= 11 is 0. The van der Waals surface area contributed by atoms with Crippen molar-refractivity contribution in [3.63, 3.8) is 0 Å². The van der Waals surface area contributed by atoms with Gasteiger partial charge in [0.05, 0.1) is 0 Å². The Morgan fingerprint density at radius 1 is 0.952 bits per heavy atom. The monoisotopic (exact) mass is 397 g/mol. The van der Waals surface area contributed by atoms with Gasteiger partial charge in [-0.05, 0) is 12.8 Å². The largest absolute Gasteiger partial charge is 3.00 e. The Kier molecular flexibility index (Phi) is 13.3. The maximum absolute atomic E-state index is 7.00. The van der Waals surface area contributed by atoms with E-state index in [2.05, 4.69) is 54.7 Å². The topological polar surface area (TPSA) is 20.2 Å². The van der Waals surface area contributed by atoms with Crippen molar-refractivity contribution in [3.8, 4) is 0 Å². The van der Waals surface area contributed by atoms with Crippen molar-refractivity contribution < 1.29 is 56.1 Å². The molecule has 109 valence electrons. The zero-order valence-corrected chi connectivity index (χ0v) is 15.8. The van der Waals surface area contributed by atoms with E-state index in [4.69, 9.17) is 5.11 Å². The number of halogens is 2. The zero-order chi connectivity index (χ0) is 12.8. The smallest absolute Gasteiger partial charge is 1.00 e. The number of aliphatic hydroxyl groups is 1. The molecule has 0 aromatic heterocycles. The number of rotatable bonds is 2. The first-order chi connectivity index (χ1) is 8.95. The molecule has 1 nitrogen and oxygen atoms in total. The molecule has 2 aliphatic rings. The van der Waals surface area contributed by atoms with E-state index in [1.165, 1.54) is 22.3 Å². The molecule has 4 heteroatoms. The summed E-state index contributed by atoms with van der Waals surface area (Å²) in [6.45, 7) is 0. The molecule has 0 amide bonds. The van der Waals surface area contributed by atoms with Crippen LogP contribution in [-0.2, 0) is 26.2 Å². The first-order valence-electron chi connectivity index (χ1n) is 6.13. The van der Waals surface area contributed by atoms with Crippen molar-refractivity contribution in [3.05, 3.63) is 71.8 Å². The number of aliphatic hydroxyl groups excluding tert-OH is 1. The van der Waals surface area contributed by atoms with Crippen molar-refractivity contribution in [2.24, 2.45) is 0 Å². The molecule has 1 radical (unpaired) electrons. The summed E-state index contributed by atoms with van der Waals surface area (Å²) in [5.74, 6) is 0. The van der Waals surface area contributed by atoms with Gasteiger partial charge < -0.3 is 29.9 Å². The molecule has 0 heterocycles. The van der Waals surface area contributed by atoms with Crippen molar-refractivity contribution >= 4 is 11.1 Å². The van der Waals surface area contributed by atoms with Gasteiger partial charge in [-0.3, -0.25) is 0 Å². The minimum atomic E-state index is 0. The number of benzene rings is 1. The Balaban J connectivity index is 0. The standard InChI is InChI=1S/C16H13.CH4O.2ClH.Zr/c1-2-8-13(7-1)15-11-5-6-12-16(15)14-9-3-4-10-14;1-2;;;/h1-7,9,11H,8,10H2;2H,1H3;2*1H;/q-1;;;;+3/p-2. The van der Waals surface area contributed by atoms with E-state index in [9.17, 15) is 0 Å². The van der Waals surface area contributed by atoms with Crippen LogP contribution in [0.3, 0.4) is 0 Å². The van der Waals surface area contributed by atoms with E-state index >= 15 is 0 Å². The van der Waals surface area contributed by atoms with E-state index < -0.39 is 0 Å². The van der Waals surface area contributed by atoms with E-state index in [1.807, 2.05) is 6.07 Å². The van der Waals surface area contributed by atoms with Crippen molar-refractivity contribution in [2.75, 3.05) is 7.11 Å².